The molecule has 0 amide bonds. The summed E-state index contributed by atoms with van der Waals surface area (Å²) in [6.07, 6.45) is 0.729. The quantitative estimate of drug-likeness (QED) is 0.192. The maximum Gasteiger partial charge on any atom is 0.0832 e. The van der Waals surface area contributed by atoms with E-state index in [1.807, 2.05) is 0 Å². The molecule has 0 heterocycles. The lowest BCUT2D eigenvalue weighted by molar-refractivity contribution is -0.242. The van der Waals surface area contributed by atoms with Gasteiger partial charge in [0.05, 0.1) is 6.61 Å². The summed E-state index contributed by atoms with van der Waals surface area (Å²) in [7, 11) is 0. The van der Waals surface area contributed by atoms with E-state index >= 15 is 0 Å². The molecule has 0 aliphatic carbocycles. The summed E-state index contributed by atoms with van der Waals surface area (Å²) >= 11 is 0. The van der Waals surface area contributed by atoms with Crippen molar-refractivity contribution in [2.75, 3.05) is 13.2 Å². The molecular weight excluding hydrogens is 96.0 g/mol. The zero-order valence-electron chi connectivity index (χ0n) is 4.05. The van der Waals surface area contributed by atoms with Crippen molar-refractivity contribution in [2.45, 2.75) is 6.42 Å². The normalized spacial score (nSPS) is 9.43. The molecule has 0 bridgehead atoms. The molecule has 0 spiro atoms. The highest BCUT2D eigenvalue weighted by molar-refractivity contribution is 4.33. The lowest BCUT2D eigenvalue weighted by Crippen LogP contribution is -2.23. The molecule has 0 saturated heterocycles. The van der Waals surface area contributed by atoms with Crippen molar-refractivity contribution in [1.82, 2.24) is 5.43 Å². The Morgan fingerprint density at radius 3 is 2.86 bits per heavy atom. The first-order valence-corrected chi connectivity index (χ1v) is 2.11. The lowest BCUT2D eigenvalue weighted by atomic mass is 10.5. The molecule has 0 aromatic carbocycles. The molecule has 0 aromatic heterocycles. The molecule has 4 nitrogen and oxygen atoms in total. The molecule has 7 heavy (non-hydrogen) atoms. The molecule has 4 heteroatoms. The average Bonchev–Trinajstić information content (AvgIpc) is 1.69. The van der Waals surface area contributed by atoms with E-state index in [4.69, 9.17) is 11.1 Å². The molecular formula is C3H10N2O2. The number of nitrogens with two attached hydrogens (primary N) is 1. The van der Waals surface area contributed by atoms with E-state index in [0.717, 1.165) is 6.42 Å². The van der Waals surface area contributed by atoms with Gasteiger partial charge in [-0.25, -0.2) is 4.89 Å². The molecule has 0 aliphatic heterocycles. The van der Waals surface area contributed by atoms with Crippen LogP contribution in [0.4, 0.5) is 0 Å². The highest BCUT2D eigenvalue weighted by Gasteiger charge is 1.80. The molecule has 0 fully saturated rings. The Hall–Kier alpha value is -0.160. The fourth-order valence-electron chi connectivity index (χ4n) is 0.239. The van der Waals surface area contributed by atoms with E-state index in [-0.39, 0.29) is 0 Å². The highest BCUT2D eigenvalue weighted by atomic mass is 17.1. The summed E-state index contributed by atoms with van der Waals surface area (Å²) in [5.74, 6) is 4.88. The van der Waals surface area contributed by atoms with E-state index in [0.29, 0.717) is 13.2 Å². The monoisotopic (exact) mass is 106 g/mol. The average molecular weight is 106 g/mol. The number of nitrogens with one attached hydrogen (secondary N) is 1. The fraction of sp³-hybridized carbons (Fsp3) is 1.00. The minimum Gasteiger partial charge on any atom is -0.271 e. The van der Waals surface area contributed by atoms with Crippen molar-refractivity contribution in [3.05, 3.63) is 0 Å². The van der Waals surface area contributed by atoms with Crippen LogP contribution in [0.5, 0.6) is 0 Å². The molecule has 0 aliphatic rings. The van der Waals surface area contributed by atoms with Crippen LogP contribution in [0.2, 0.25) is 0 Å². The van der Waals surface area contributed by atoms with E-state index < -0.39 is 0 Å². The minimum atomic E-state index is 0.337. The van der Waals surface area contributed by atoms with Gasteiger partial charge < -0.3 is 0 Å². The standard InChI is InChI=1S/C3H10N2O2/c4-5-2-1-3-7-6/h5-6H,1-4H2. The van der Waals surface area contributed by atoms with Crippen molar-refractivity contribution < 1.29 is 10.1 Å². The molecule has 0 saturated carbocycles. The molecule has 0 rings (SSSR count). The Kier molecular flexibility index (Phi) is 5.71. The molecule has 0 unspecified atom stereocenters. The van der Waals surface area contributed by atoms with Crippen LogP contribution < -0.4 is 11.3 Å². The first kappa shape index (κ1) is 6.84. The van der Waals surface area contributed by atoms with Crippen LogP contribution in [-0.2, 0) is 4.89 Å². The molecule has 0 radical (unpaired) electrons. The zero-order valence-corrected chi connectivity index (χ0v) is 4.05. The third kappa shape index (κ3) is 5.84. The van der Waals surface area contributed by atoms with Gasteiger partial charge >= 0.3 is 0 Å². The van der Waals surface area contributed by atoms with E-state index in [2.05, 4.69) is 10.3 Å². The zero-order chi connectivity index (χ0) is 5.54. The van der Waals surface area contributed by atoms with Gasteiger partial charge in [0, 0.05) is 6.54 Å². The van der Waals surface area contributed by atoms with Crippen LogP contribution in [0, 0.1) is 0 Å². The predicted molar refractivity (Wildman–Crippen MR) is 25.4 cm³/mol. The summed E-state index contributed by atoms with van der Waals surface area (Å²) < 4.78 is 0. The number of hydrazine groups is 1. The number of hydrogen-bond acceptors (Lipinski definition) is 4. The Labute approximate surface area is 42.2 Å². The van der Waals surface area contributed by atoms with E-state index in [1.165, 1.54) is 0 Å². The Morgan fingerprint density at radius 2 is 2.43 bits per heavy atom. The molecule has 0 aromatic rings. The van der Waals surface area contributed by atoms with Crippen molar-refractivity contribution in [1.29, 1.82) is 0 Å². The second-order valence-corrected chi connectivity index (χ2v) is 1.14. The Morgan fingerprint density at radius 1 is 1.71 bits per heavy atom. The van der Waals surface area contributed by atoms with Crippen LogP contribution in [0.1, 0.15) is 6.42 Å². The third-order valence-corrected chi connectivity index (χ3v) is 0.557. The minimum absolute atomic E-state index is 0.337. The van der Waals surface area contributed by atoms with Gasteiger partial charge in [-0.2, -0.15) is 0 Å². The molecule has 0 atom stereocenters. The molecule has 4 N–H and O–H groups in total. The maximum atomic E-state index is 7.72. The first-order chi connectivity index (χ1) is 3.41. The molecule has 44 valence electrons. The lowest BCUT2D eigenvalue weighted by Gasteiger charge is -1.93. The van der Waals surface area contributed by atoms with Crippen molar-refractivity contribution >= 4 is 0 Å². The van der Waals surface area contributed by atoms with Gasteiger partial charge in [-0.1, -0.05) is 0 Å². The van der Waals surface area contributed by atoms with Gasteiger partial charge in [0.2, 0.25) is 0 Å². The van der Waals surface area contributed by atoms with Crippen LogP contribution in [0.3, 0.4) is 0 Å². The van der Waals surface area contributed by atoms with Gasteiger partial charge in [0.25, 0.3) is 0 Å². The number of rotatable bonds is 4. The van der Waals surface area contributed by atoms with Crippen molar-refractivity contribution in [3.8, 4) is 0 Å². The Bertz CT molecular complexity index is 30.1. The summed E-state index contributed by atoms with van der Waals surface area (Å²) in [6, 6.07) is 0. The fourth-order valence-corrected chi connectivity index (χ4v) is 0.239. The smallest absolute Gasteiger partial charge is 0.0832 e. The summed E-state index contributed by atoms with van der Waals surface area (Å²) in [5, 5.41) is 7.72. The van der Waals surface area contributed by atoms with Crippen molar-refractivity contribution in [2.24, 2.45) is 5.84 Å². The summed E-state index contributed by atoms with van der Waals surface area (Å²) in [5.41, 5.74) is 2.41. The van der Waals surface area contributed by atoms with Gasteiger partial charge in [0.15, 0.2) is 0 Å². The van der Waals surface area contributed by atoms with Gasteiger partial charge in [0.1, 0.15) is 0 Å². The third-order valence-electron chi connectivity index (χ3n) is 0.557. The van der Waals surface area contributed by atoms with E-state index in [1.54, 1.807) is 0 Å². The van der Waals surface area contributed by atoms with Crippen LogP contribution >= 0.6 is 0 Å². The first-order valence-electron chi connectivity index (χ1n) is 2.11. The van der Waals surface area contributed by atoms with Crippen LogP contribution in [-0.4, -0.2) is 18.4 Å². The van der Waals surface area contributed by atoms with E-state index in [9.17, 15) is 0 Å². The maximum absolute atomic E-state index is 7.72. The van der Waals surface area contributed by atoms with Gasteiger partial charge in [-0.3, -0.25) is 16.5 Å². The largest absolute Gasteiger partial charge is 0.271 e. The van der Waals surface area contributed by atoms with Crippen LogP contribution in [0.25, 0.3) is 0 Å². The second-order valence-electron chi connectivity index (χ2n) is 1.14. The highest BCUT2D eigenvalue weighted by Crippen LogP contribution is 1.72. The van der Waals surface area contributed by atoms with Gasteiger partial charge in [-0.05, 0) is 6.42 Å². The second kappa shape index (κ2) is 5.84. The SMILES string of the molecule is NNCCCOO. The Balaban J connectivity index is 2.45. The van der Waals surface area contributed by atoms with Gasteiger partial charge in [-0.15, -0.1) is 0 Å². The summed E-state index contributed by atoms with van der Waals surface area (Å²) in [6.45, 7) is 1.00. The van der Waals surface area contributed by atoms with Crippen molar-refractivity contribution in [3.63, 3.8) is 0 Å². The van der Waals surface area contributed by atoms with Crippen LogP contribution in [0.15, 0.2) is 0 Å². The topological polar surface area (TPSA) is 67.5 Å². The number of hydrogen-bond donors (Lipinski definition) is 3. The predicted octanol–water partition coefficient (Wildman–Crippen LogP) is -0.671. The summed E-state index contributed by atoms with van der Waals surface area (Å²) in [4.78, 5) is 3.75.